The fraction of sp³-hybridized carbons (Fsp3) is 0.370. The van der Waals surface area contributed by atoms with Crippen LogP contribution >= 0.6 is 46.6 Å². The lowest BCUT2D eigenvalue weighted by molar-refractivity contribution is -0.156. The van der Waals surface area contributed by atoms with Crippen LogP contribution in [0.5, 0.6) is 11.5 Å². The highest BCUT2D eigenvalue weighted by atomic mass is 35.6. The van der Waals surface area contributed by atoms with Gasteiger partial charge in [-0.1, -0.05) is 59.1 Å². The van der Waals surface area contributed by atoms with Gasteiger partial charge in [0, 0.05) is 28.8 Å². The summed E-state index contributed by atoms with van der Waals surface area (Å²) in [6, 6.07) is 10.5. The van der Waals surface area contributed by atoms with Crippen LogP contribution in [0, 0.1) is 0 Å². The van der Waals surface area contributed by atoms with Gasteiger partial charge < -0.3 is 28.8 Å². The molecule has 1 aromatic heterocycles. The number of aromatic nitrogens is 1. The van der Waals surface area contributed by atoms with Gasteiger partial charge in [0.2, 0.25) is 16.5 Å². The number of methoxy groups -OCH3 is 1. The minimum absolute atomic E-state index is 0.0824. The average Bonchev–Trinajstić information content (AvgIpc) is 3.71. The van der Waals surface area contributed by atoms with E-state index in [1.165, 1.54) is 28.7 Å². The molecular formula is C27H24Cl3N3O7S. The zero-order chi connectivity index (χ0) is 28.9. The molecule has 216 valence electrons. The van der Waals surface area contributed by atoms with Crippen LogP contribution in [0.2, 0.25) is 0 Å². The lowest BCUT2D eigenvalue weighted by Gasteiger charge is -2.42. The maximum Gasteiger partial charge on any atom is 0.411 e. The molecule has 3 aromatic rings. The number of hydrogen-bond acceptors (Lipinski definition) is 8. The highest BCUT2D eigenvalue weighted by molar-refractivity contribution is 7.99. The predicted octanol–water partition coefficient (Wildman–Crippen LogP) is 4.79. The van der Waals surface area contributed by atoms with Crippen LogP contribution in [-0.4, -0.2) is 80.8 Å². The number of carbonyl (C=O) groups excluding carboxylic acids is 3. The Balaban J connectivity index is 1.45. The van der Waals surface area contributed by atoms with Gasteiger partial charge in [-0.3, -0.25) is 9.69 Å². The second-order valence-corrected chi connectivity index (χ2v) is 13.2. The van der Waals surface area contributed by atoms with Gasteiger partial charge >= 0.3 is 12.1 Å². The minimum Gasteiger partial charge on any atom is -0.467 e. The van der Waals surface area contributed by atoms with Gasteiger partial charge in [0.05, 0.1) is 19.0 Å². The van der Waals surface area contributed by atoms with E-state index in [1.54, 1.807) is 12.1 Å². The van der Waals surface area contributed by atoms with Gasteiger partial charge in [0.15, 0.2) is 11.5 Å². The standard InChI is InChI=1S/C27H24Cl3N3O7S/c1-37-25(35)18-9-16-15-4-2-3-5-17(15)31-22(16)23(14-6-7-20-21(8-14)40-13-39-20)33(18)24(34)19-10-41-12-32(19)26(36)38-11-27(28,29)30/h2-8,18-19,23,31H,9-13H2,1H3/t18-,19+,23-/m1/s1. The van der Waals surface area contributed by atoms with Crippen LogP contribution in [0.4, 0.5) is 4.79 Å². The van der Waals surface area contributed by atoms with Crippen LogP contribution in [-0.2, 0) is 25.5 Å². The largest absolute Gasteiger partial charge is 0.467 e. The number of carbonyl (C=O) groups is 3. The Hall–Kier alpha value is -2.99. The Bertz CT molecular complexity index is 1530. The first-order valence-corrected chi connectivity index (χ1v) is 14.9. The van der Waals surface area contributed by atoms with Crippen LogP contribution < -0.4 is 9.47 Å². The highest BCUT2D eigenvalue weighted by Crippen LogP contribution is 2.45. The summed E-state index contributed by atoms with van der Waals surface area (Å²) in [5.41, 5.74) is 3.23. The number of alkyl halides is 3. The number of benzene rings is 2. The third-order valence-corrected chi connectivity index (χ3v) is 8.67. The number of nitrogens with zero attached hydrogens (tertiary/aromatic N) is 2. The third-order valence-electron chi connectivity index (χ3n) is 7.33. The Morgan fingerprint density at radius 2 is 1.88 bits per heavy atom. The first-order chi connectivity index (χ1) is 19.7. The van der Waals surface area contributed by atoms with E-state index >= 15 is 0 Å². The van der Waals surface area contributed by atoms with Crippen molar-refractivity contribution in [1.82, 2.24) is 14.8 Å². The number of halogens is 3. The van der Waals surface area contributed by atoms with E-state index in [2.05, 4.69) is 4.98 Å². The molecule has 1 fully saturated rings. The molecule has 1 saturated heterocycles. The normalized spacial score (nSPS) is 21.6. The van der Waals surface area contributed by atoms with Gasteiger partial charge in [0.25, 0.3) is 0 Å². The molecular weight excluding hydrogens is 617 g/mol. The van der Waals surface area contributed by atoms with Crippen molar-refractivity contribution in [3.63, 3.8) is 0 Å². The van der Waals surface area contributed by atoms with Gasteiger partial charge in [-0.15, -0.1) is 11.8 Å². The van der Waals surface area contributed by atoms with Crippen LogP contribution in [0.3, 0.4) is 0 Å². The predicted molar refractivity (Wildman–Crippen MR) is 154 cm³/mol. The summed E-state index contributed by atoms with van der Waals surface area (Å²) in [5.74, 6) is 0.580. The quantitative estimate of drug-likeness (QED) is 0.320. The van der Waals surface area contributed by atoms with E-state index in [0.29, 0.717) is 22.8 Å². The Morgan fingerprint density at radius 1 is 1.10 bits per heavy atom. The molecule has 6 rings (SSSR count). The molecule has 0 radical (unpaired) electrons. The maximum absolute atomic E-state index is 14.5. The molecule has 14 heteroatoms. The molecule has 3 aliphatic heterocycles. The molecule has 3 atom stereocenters. The summed E-state index contributed by atoms with van der Waals surface area (Å²) in [6.07, 6.45) is -0.576. The second-order valence-electron chi connectivity index (χ2n) is 9.72. The van der Waals surface area contributed by atoms with E-state index in [1.807, 2.05) is 30.3 Å². The van der Waals surface area contributed by atoms with Crippen LogP contribution in [0.15, 0.2) is 42.5 Å². The van der Waals surface area contributed by atoms with Gasteiger partial charge in [0.1, 0.15) is 18.7 Å². The van der Waals surface area contributed by atoms with Crippen molar-refractivity contribution in [2.75, 3.05) is 32.1 Å². The number of para-hydroxylation sites is 1. The Kier molecular flexibility index (Phi) is 7.56. The van der Waals surface area contributed by atoms with Crippen molar-refractivity contribution in [2.24, 2.45) is 0 Å². The van der Waals surface area contributed by atoms with Crippen molar-refractivity contribution in [3.05, 3.63) is 59.3 Å². The summed E-state index contributed by atoms with van der Waals surface area (Å²) in [5, 5.41) is 0.947. The number of H-pyrrole nitrogens is 1. The molecule has 0 unspecified atom stereocenters. The minimum atomic E-state index is -1.80. The number of amides is 2. The SMILES string of the molecule is COC(=O)[C@H]1Cc2c([nH]c3ccccc23)[C@@H](c2ccc3c(c2)OCO3)N1C(=O)[C@@H]1CSCN1C(=O)OCC(Cl)(Cl)Cl. The molecule has 3 aliphatic rings. The van der Waals surface area contributed by atoms with Crippen molar-refractivity contribution >= 4 is 75.4 Å². The van der Waals surface area contributed by atoms with E-state index < -0.39 is 46.5 Å². The number of rotatable bonds is 4. The molecule has 4 heterocycles. The molecule has 2 aromatic carbocycles. The third kappa shape index (κ3) is 5.24. The summed E-state index contributed by atoms with van der Waals surface area (Å²) in [6.45, 7) is -0.398. The number of nitrogens with one attached hydrogen (secondary N) is 1. The van der Waals surface area contributed by atoms with E-state index in [9.17, 15) is 14.4 Å². The number of ether oxygens (including phenoxy) is 4. The van der Waals surface area contributed by atoms with Crippen molar-refractivity contribution in [1.29, 1.82) is 0 Å². The molecule has 0 spiro atoms. The monoisotopic (exact) mass is 639 g/mol. The van der Waals surface area contributed by atoms with E-state index in [-0.39, 0.29) is 19.1 Å². The van der Waals surface area contributed by atoms with E-state index in [4.69, 9.17) is 53.8 Å². The Labute approximate surface area is 254 Å². The van der Waals surface area contributed by atoms with Crippen LogP contribution in [0.25, 0.3) is 10.9 Å². The molecule has 0 aliphatic carbocycles. The average molecular weight is 641 g/mol. The van der Waals surface area contributed by atoms with Gasteiger partial charge in [-0.05, 0) is 29.3 Å². The van der Waals surface area contributed by atoms with E-state index in [0.717, 1.165) is 22.2 Å². The highest BCUT2D eigenvalue weighted by Gasteiger charge is 2.49. The summed E-state index contributed by atoms with van der Waals surface area (Å²) >= 11 is 18.7. The summed E-state index contributed by atoms with van der Waals surface area (Å²) in [7, 11) is 1.29. The first kappa shape index (κ1) is 28.1. The zero-order valence-corrected chi connectivity index (χ0v) is 24.7. The smallest absolute Gasteiger partial charge is 0.411 e. The number of fused-ring (bicyclic) bond motifs is 4. The number of aromatic amines is 1. The topological polar surface area (TPSA) is 110 Å². The lowest BCUT2D eigenvalue weighted by Crippen LogP contribution is -2.58. The summed E-state index contributed by atoms with van der Waals surface area (Å²) < 4.78 is 19.7. The fourth-order valence-electron chi connectivity index (χ4n) is 5.53. The molecule has 0 saturated carbocycles. The molecule has 2 amide bonds. The van der Waals surface area contributed by atoms with Crippen molar-refractivity contribution < 1.29 is 33.3 Å². The van der Waals surface area contributed by atoms with Gasteiger partial charge in [-0.2, -0.15) is 0 Å². The zero-order valence-electron chi connectivity index (χ0n) is 21.6. The molecule has 1 N–H and O–H groups in total. The van der Waals surface area contributed by atoms with Gasteiger partial charge in [-0.25, -0.2) is 9.59 Å². The summed E-state index contributed by atoms with van der Waals surface area (Å²) in [4.78, 5) is 47.1. The number of hydrogen-bond donors (Lipinski definition) is 1. The Morgan fingerprint density at radius 3 is 2.66 bits per heavy atom. The first-order valence-electron chi connectivity index (χ1n) is 12.6. The number of thioether (sulfide) groups is 1. The molecule has 0 bridgehead atoms. The lowest BCUT2D eigenvalue weighted by atomic mass is 9.87. The molecule has 41 heavy (non-hydrogen) atoms. The van der Waals surface area contributed by atoms with Crippen molar-refractivity contribution in [2.45, 2.75) is 28.3 Å². The second kappa shape index (κ2) is 11.0. The van der Waals surface area contributed by atoms with Crippen molar-refractivity contribution in [3.8, 4) is 11.5 Å². The number of esters is 1. The maximum atomic E-state index is 14.5. The van der Waals surface area contributed by atoms with Crippen LogP contribution in [0.1, 0.15) is 22.9 Å². The molecule has 10 nitrogen and oxygen atoms in total. The fourth-order valence-corrected chi connectivity index (χ4v) is 6.83.